The highest BCUT2D eigenvalue weighted by atomic mass is 127. The van der Waals surface area contributed by atoms with Gasteiger partial charge in [-0.3, -0.25) is 9.79 Å². The van der Waals surface area contributed by atoms with E-state index in [2.05, 4.69) is 41.5 Å². The lowest BCUT2D eigenvalue weighted by Gasteiger charge is -2.34. The molecule has 2 N–H and O–H groups in total. The SMILES string of the molecule is CCNC(=NCC(C1CCCCC1)N(C)C)NC1CCN(C(=O)C2CCCC2)C1.I. The number of likely N-dealkylation sites (tertiary alicyclic amines) is 1. The molecule has 2 saturated carbocycles. The predicted molar refractivity (Wildman–Crippen MR) is 136 cm³/mol. The van der Waals surface area contributed by atoms with E-state index in [4.69, 9.17) is 4.99 Å². The molecule has 3 fully saturated rings. The van der Waals surface area contributed by atoms with Crippen molar-refractivity contribution < 1.29 is 4.79 Å². The molecule has 3 aliphatic rings. The van der Waals surface area contributed by atoms with Crippen LogP contribution in [0.3, 0.4) is 0 Å². The van der Waals surface area contributed by atoms with Gasteiger partial charge in [-0.2, -0.15) is 0 Å². The molecular formula is C23H44IN5O. The molecule has 174 valence electrons. The van der Waals surface area contributed by atoms with Gasteiger partial charge in [0.15, 0.2) is 5.96 Å². The summed E-state index contributed by atoms with van der Waals surface area (Å²) >= 11 is 0. The van der Waals surface area contributed by atoms with Crippen molar-refractivity contribution in [3.63, 3.8) is 0 Å². The minimum absolute atomic E-state index is 0. The Balaban J connectivity index is 0.00000320. The van der Waals surface area contributed by atoms with E-state index in [1.165, 1.54) is 44.9 Å². The van der Waals surface area contributed by atoms with Crippen LogP contribution in [-0.2, 0) is 4.79 Å². The number of likely N-dealkylation sites (N-methyl/N-ethyl adjacent to an activating group) is 1. The van der Waals surface area contributed by atoms with E-state index in [0.29, 0.717) is 18.0 Å². The fourth-order valence-electron chi connectivity index (χ4n) is 5.46. The summed E-state index contributed by atoms with van der Waals surface area (Å²) in [5.41, 5.74) is 0. The number of hydrogen-bond acceptors (Lipinski definition) is 3. The molecule has 2 unspecified atom stereocenters. The van der Waals surface area contributed by atoms with Crippen molar-refractivity contribution in [1.82, 2.24) is 20.4 Å². The van der Waals surface area contributed by atoms with Gasteiger partial charge in [-0.15, -0.1) is 24.0 Å². The van der Waals surface area contributed by atoms with Gasteiger partial charge < -0.3 is 20.4 Å². The molecule has 0 spiro atoms. The standard InChI is InChI=1S/C23H43N5O.HI/c1-4-24-23(25-16-21(27(2)3)18-10-6-5-7-11-18)26-20-14-15-28(17-20)22(29)19-12-8-9-13-19;/h18-21H,4-17H2,1-3H3,(H2,24,25,26);1H. The molecule has 30 heavy (non-hydrogen) atoms. The number of aliphatic imine (C=N–C) groups is 1. The molecule has 0 aromatic carbocycles. The third-order valence-corrected chi connectivity index (χ3v) is 7.18. The number of carbonyl (C=O) groups is 1. The fourth-order valence-corrected chi connectivity index (χ4v) is 5.46. The molecule has 0 aromatic heterocycles. The van der Waals surface area contributed by atoms with Crippen LogP contribution < -0.4 is 10.6 Å². The van der Waals surface area contributed by atoms with Gasteiger partial charge >= 0.3 is 0 Å². The Kier molecular flexibility index (Phi) is 11.2. The number of nitrogens with zero attached hydrogens (tertiary/aromatic N) is 3. The number of halogens is 1. The minimum atomic E-state index is 0. The number of rotatable bonds is 7. The number of hydrogen-bond donors (Lipinski definition) is 2. The first-order valence-electron chi connectivity index (χ1n) is 12.1. The number of guanidine groups is 1. The summed E-state index contributed by atoms with van der Waals surface area (Å²) in [6, 6.07) is 0.820. The van der Waals surface area contributed by atoms with Crippen molar-refractivity contribution in [2.75, 3.05) is 40.3 Å². The Labute approximate surface area is 201 Å². The molecular weight excluding hydrogens is 489 g/mol. The van der Waals surface area contributed by atoms with Crippen LogP contribution in [0.2, 0.25) is 0 Å². The van der Waals surface area contributed by atoms with E-state index in [9.17, 15) is 4.79 Å². The van der Waals surface area contributed by atoms with Crippen LogP contribution in [0.1, 0.15) is 71.1 Å². The average molecular weight is 534 g/mol. The lowest BCUT2D eigenvalue weighted by Crippen LogP contribution is -2.46. The van der Waals surface area contributed by atoms with E-state index >= 15 is 0 Å². The van der Waals surface area contributed by atoms with Crippen molar-refractivity contribution in [2.45, 2.75) is 83.2 Å². The Morgan fingerprint density at radius 2 is 1.73 bits per heavy atom. The third-order valence-electron chi connectivity index (χ3n) is 7.18. The fraction of sp³-hybridized carbons (Fsp3) is 0.913. The van der Waals surface area contributed by atoms with Crippen molar-refractivity contribution in [2.24, 2.45) is 16.8 Å². The summed E-state index contributed by atoms with van der Waals surface area (Å²) in [4.78, 5) is 22.1. The first-order valence-corrected chi connectivity index (χ1v) is 12.1. The molecule has 1 saturated heterocycles. The largest absolute Gasteiger partial charge is 0.357 e. The summed E-state index contributed by atoms with van der Waals surface area (Å²) in [7, 11) is 4.39. The Morgan fingerprint density at radius 3 is 2.37 bits per heavy atom. The topological polar surface area (TPSA) is 60.0 Å². The molecule has 7 heteroatoms. The van der Waals surface area contributed by atoms with Gasteiger partial charge in [-0.05, 0) is 59.0 Å². The predicted octanol–water partition coefficient (Wildman–Crippen LogP) is 3.46. The van der Waals surface area contributed by atoms with Crippen LogP contribution in [0.5, 0.6) is 0 Å². The number of nitrogens with one attached hydrogen (secondary N) is 2. The summed E-state index contributed by atoms with van der Waals surface area (Å²) in [6.45, 7) is 5.52. The minimum Gasteiger partial charge on any atom is -0.357 e. The van der Waals surface area contributed by atoms with Crippen LogP contribution in [0.15, 0.2) is 4.99 Å². The molecule has 0 bridgehead atoms. The molecule has 2 atom stereocenters. The zero-order valence-corrected chi connectivity index (χ0v) is 21.7. The van der Waals surface area contributed by atoms with Crippen LogP contribution in [-0.4, -0.2) is 74.0 Å². The maximum absolute atomic E-state index is 12.7. The van der Waals surface area contributed by atoms with Gasteiger partial charge in [-0.1, -0.05) is 32.1 Å². The average Bonchev–Trinajstić information content (AvgIpc) is 3.41. The van der Waals surface area contributed by atoms with Gasteiger partial charge in [0.05, 0.1) is 6.54 Å². The smallest absolute Gasteiger partial charge is 0.225 e. The van der Waals surface area contributed by atoms with E-state index in [1.807, 2.05) is 0 Å². The highest BCUT2D eigenvalue weighted by Crippen LogP contribution is 2.29. The Bertz CT molecular complexity index is 544. The van der Waals surface area contributed by atoms with Crippen molar-refractivity contribution >= 4 is 35.8 Å². The summed E-state index contributed by atoms with van der Waals surface area (Å²) in [5, 5.41) is 7.04. The first kappa shape index (κ1) is 25.7. The molecule has 2 aliphatic carbocycles. The van der Waals surface area contributed by atoms with Crippen LogP contribution in [0, 0.1) is 11.8 Å². The van der Waals surface area contributed by atoms with Crippen molar-refractivity contribution in [1.29, 1.82) is 0 Å². The monoisotopic (exact) mass is 533 g/mol. The van der Waals surface area contributed by atoms with E-state index in [-0.39, 0.29) is 29.9 Å². The van der Waals surface area contributed by atoms with Crippen molar-refractivity contribution in [3.8, 4) is 0 Å². The van der Waals surface area contributed by atoms with Gasteiger partial charge in [0.25, 0.3) is 0 Å². The molecule has 3 rings (SSSR count). The molecule has 1 aliphatic heterocycles. The van der Waals surface area contributed by atoms with Crippen LogP contribution in [0.4, 0.5) is 0 Å². The molecule has 1 amide bonds. The van der Waals surface area contributed by atoms with Gasteiger partial charge in [0.2, 0.25) is 5.91 Å². The maximum atomic E-state index is 12.7. The highest BCUT2D eigenvalue weighted by Gasteiger charge is 2.32. The molecule has 0 radical (unpaired) electrons. The number of carbonyl (C=O) groups excluding carboxylic acids is 1. The maximum Gasteiger partial charge on any atom is 0.225 e. The summed E-state index contributed by atoms with van der Waals surface area (Å²) in [6.07, 6.45) is 12.4. The van der Waals surface area contributed by atoms with Crippen LogP contribution in [0.25, 0.3) is 0 Å². The highest BCUT2D eigenvalue weighted by molar-refractivity contribution is 14.0. The Morgan fingerprint density at radius 1 is 1.07 bits per heavy atom. The zero-order chi connectivity index (χ0) is 20.6. The first-order chi connectivity index (χ1) is 14.1. The second-order valence-corrected chi connectivity index (χ2v) is 9.54. The zero-order valence-electron chi connectivity index (χ0n) is 19.4. The Hall–Kier alpha value is -0.570. The summed E-state index contributed by atoms with van der Waals surface area (Å²) < 4.78 is 0. The summed E-state index contributed by atoms with van der Waals surface area (Å²) in [5.74, 6) is 2.34. The number of amides is 1. The van der Waals surface area contributed by atoms with Gasteiger partial charge in [-0.25, -0.2) is 0 Å². The lowest BCUT2D eigenvalue weighted by molar-refractivity contribution is -0.134. The van der Waals surface area contributed by atoms with Crippen molar-refractivity contribution in [3.05, 3.63) is 0 Å². The van der Waals surface area contributed by atoms with E-state index in [0.717, 1.165) is 57.3 Å². The molecule has 1 heterocycles. The second-order valence-electron chi connectivity index (χ2n) is 9.54. The third kappa shape index (κ3) is 7.24. The quantitative estimate of drug-likeness (QED) is 0.299. The second kappa shape index (κ2) is 13.1. The van der Waals surface area contributed by atoms with Crippen LogP contribution >= 0.6 is 24.0 Å². The normalized spacial score (nSPS) is 24.7. The van der Waals surface area contributed by atoms with Gasteiger partial charge in [0.1, 0.15) is 0 Å². The van der Waals surface area contributed by atoms with Gasteiger partial charge in [0, 0.05) is 37.6 Å². The van der Waals surface area contributed by atoms with E-state index < -0.39 is 0 Å². The van der Waals surface area contributed by atoms with E-state index in [1.54, 1.807) is 0 Å². The molecule has 0 aromatic rings. The molecule has 6 nitrogen and oxygen atoms in total. The lowest BCUT2D eigenvalue weighted by atomic mass is 9.83.